The van der Waals surface area contributed by atoms with Gasteiger partial charge < -0.3 is 5.32 Å². The summed E-state index contributed by atoms with van der Waals surface area (Å²) in [6.45, 7) is 7.64. The Morgan fingerprint density at radius 3 is 3.20 bits per heavy atom. The van der Waals surface area contributed by atoms with Gasteiger partial charge in [0, 0.05) is 24.9 Å². The van der Waals surface area contributed by atoms with Crippen molar-refractivity contribution >= 4 is 22.4 Å². The number of carbonyl (C=O) groups excluding carboxylic acids is 1. The van der Waals surface area contributed by atoms with Crippen LogP contribution in [0, 0.1) is 5.92 Å². The molecule has 1 saturated heterocycles. The topological polar surface area (TPSA) is 45.2 Å². The molecule has 1 amide bonds. The minimum absolute atomic E-state index is 0.0827. The Hall–Kier alpha value is -0.940. The average Bonchev–Trinajstić information content (AvgIpc) is 2.83. The van der Waals surface area contributed by atoms with E-state index in [2.05, 4.69) is 34.4 Å². The highest BCUT2D eigenvalue weighted by molar-refractivity contribution is 7.13. The van der Waals surface area contributed by atoms with Crippen molar-refractivity contribution in [3.63, 3.8) is 0 Å². The predicted molar refractivity (Wildman–Crippen MR) is 83.9 cm³/mol. The third-order valence-corrected chi connectivity index (χ3v) is 4.49. The number of hydrogen-bond acceptors (Lipinski definition) is 4. The number of nitrogens with zero attached hydrogens (tertiary/aromatic N) is 2. The molecule has 2 rings (SSSR count). The van der Waals surface area contributed by atoms with Crippen LogP contribution in [0.15, 0.2) is 5.38 Å². The van der Waals surface area contributed by atoms with Crippen LogP contribution < -0.4 is 5.32 Å². The van der Waals surface area contributed by atoms with E-state index in [0.29, 0.717) is 6.42 Å². The fourth-order valence-electron chi connectivity index (χ4n) is 2.62. The van der Waals surface area contributed by atoms with Crippen molar-refractivity contribution in [1.29, 1.82) is 0 Å². The summed E-state index contributed by atoms with van der Waals surface area (Å²) in [5, 5.41) is 5.70. The lowest BCUT2D eigenvalue weighted by Gasteiger charge is -2.30. The summed E-state index contributed by atoms with van der Waals surface area (Å²) in [7, 11) is 0. The van der Waals surface area contributed by atoms with E-state index in [-0.39, 0.29) is 5.91 Å². The molecule has 0 radical (unpaired) electrons. The molecule has 5 heteroatoms. The number of nitrogens with one attached hydrogen (secondary N) is 1. The number of piperidine rings is 1. The van der Waals surface area contributed by atoms with Crippen LogP contribution in [0.25, 0.3) is 0 Å². The highest BCUT2D eigenvalue weighted by Crippen LogP contribution is 2.21. The fraction of sp³-hybridized carbons (Fsp3) is 0.733. The molecule has 1 fully saturated rings. The zero-order chi connectivity index (χ0) is 14.4. The Kier molecular flexibility index (Phi) is 5.98. The predicted octanol–water partition coefficient (Wildman–Crippen LogP) is 3.50. The van der Waals surface area contributed by atoms with Crippen molar-refractivity contribution in [2.45, 2.75) is 52.5 Å². The van der Waals surface area contributed by atoms with Gasteiger partial charge >= 0.3 is 0 Å². The normalized spacial score (nSPS) is 20.0. The van der Waals surface area contributed by atoms with Crippen LogP contribution in [0.3, 0.4) is 0 Å². The third-order valence-electron chi connectivity index (χ3n) is 3.68. The highest BCUT2D eigenvalue weighted by atomic mass is 32.1. The molecule has 2 heterocycles. The van der Waals surface area contributed by atoms with Crippen LogP contribution in [-0.4, -0.2) is 28.9 Å². The minimum Gasteiger partial charge on any atom is -0.302 e. The second-order valence-electron chi connectivity index (χ2n) is 5.78. The molecule has 112 valence electrons. The Labute approximate surface area is 125 Å². The van der Waals surface area contributed by atoms with Crippen LogP contribution in [0.5, 0.6) is 0 Å². The fourth-order valence-corrected chi connectivity index (χ4v) is 3.33. The van der Waals surface area contributed by atoms with Crippen molar-refractivity contribution in [3.05, 3.63) is 11.1 Å². The number of amides is 1. The first-order valence-electron chi connectivity index (χ1n) is 7.64. The molecule has 0 aliphatic carbocycles. The van der Waals surface area contributed by atoms with Crippen molar-refractivity contribution in [3.8, 4) is 0 Å². The molecule has 1 atom stereocenters. The van der Waals surface area contributed by atoms with Crippen LogP contribution in [0.1, 0.15) is 51.6 Å². The number of carbonyl (C=O) groups is 1. The molecule has 0 saturated carbocycles. The van der Waals surface area contributed by atoms with Gasteiger partial charge in [-0.05, 0) is 31.7 Å². The maximum atomic E-state index is 11.7. The van der Waals surface area contributed by atoms with Crippen LogP contribution in [0.2, 0.25) is 0 Å². The first-order valence-corrected chi connectivity index (χ1v) is 8.52. The lowest BCUT2D eigenvalue weighted by atomic mass is 10.0. The van der Waals surface area contributed by atoms with Gasteiger partial charge in [-0.15, -0.1) is 11.3 Å². The highest BCUT2D eigenvalue weighted by Gasteiger charge is 2.17. The lowest BCUT2D eigenvalue weighted by Crippen LogP contribution is -2.33. The first-order chi connectivity index (χ1) is 9.67. The van der Waals surface area contributed by atoms with Crippen LogP contribution >= 0.6 is 11.3 Å². The number of thiazole rings is 1. The van der Waals surface area contributed by atoms with Gasteiger partial charge in [-0.3, -0.25) is 9.69 Å². The Balaban J connectivity index is 1.81. The molecule has 0 bridgehead atoms. The molecule has 0 aromatic carbocycles. The number of rotatable bonds is 6. The second-order valence-corrected chi connectivity index (χ2v) is 6.64. The van der Waals surface area contributed by atoms with Gasteiger partial charge in [0.15, 0.2) is 5.13 Å². The summed E-state index contributed by atoms with van der Waals surface area (Å²) in [5.41, 5.74) is 1.08. The molecule has 1 aliphatic heterocycles. The summed E-state index contributed by atoms with van der Waals surface area (Å²) in [5.74, 6) is 0.870. The number of aromatic nitrogens is 1. The van der Waals surface area contributed by atoms with Gasteiger partial charge in [0.2, 0.25) is 5.91 Å². The van der Waals surface area contributed by atoms with E-state index < -0.39 is 0 Å². The van der Waals surface area contributed by atoms with Crippen LogP contribution in [0.4, 0.5) is 5.13 Å². The summed E-state index contributed by atoms with van der Waals surface area (Å²) >= 11 is 1.53. The van der Waals surface area contributed by atoms with E-state index in [4.69, 9.17) is 0 Å². The summed E-state index contributed by atoms with van der Waals surface area (Å²) in [6, 6.07) is 0. The number of unbranched alkanes of at least 4 members (excludes halogenated alkanes) is 1. The summed E-state index contributed by atoms with van der Waals surface area (Å²) < 4.78 is 0. The smallest absolute Gasteiger partial charge is 0.226 e. The van der Waals surface area contributed by atoms with Gasteiger partial charge in [0.25, 0.3) is 0 Å². The van der Waals surface area contributed by atoms with Crippen molar-refractivity contribution < 1.29 is 4.79 Å². The van der Waals surface area contributed by atoms with Crippen molar-refractivity contribution in [2.24, 2.45) is 5.92 Å². The molecular weight excluding hydrogens is 270 g/mol. The SMILES string of the molecule is CCCCC(=O)Nc1nc(CN2CCCC(C)C2)cs1. The molecule has 1 unspecified atom stereocenters. The Morgan fingerprint density at radius 2 is 2.45 bits per heavy atom. The first kappa shape index (κ1) is 15.4. The zero-order valence-electron chi connectivity index (χ0n) is 12.5. The van der Waals surface area contributed by atoms with Crippen molar-refractivity contribution in [1.82, 2.24) is 9.88 Å². The lowest BCUT2D eigenvalue weighted by molar-refractivity contribution is -0.116. The van der Waals surface area contributed by atoms with Gasteiger partial charge in [0.1, 0.15) is 0 Å². The number of anilines is 1. The minimum atomic E-state index is 0.0827. The standard InChI is InChI=1S/C15H25N3OS/c1-3-4-7-14(19)17-15-16-13(11-20-15)10-18-8-5-6-12(2)9-18/h11-12H,3-10H2,1-2H3,(H,16,17,19). The van der Waals surface area contributed by atoms with Crippen LogP contribution in [-0.2, 0) is 11.3 Å². The summed E-state index contributed by atoms with van der Waals surface area (Å²) in [6.07, 6.45) is 5.20. The Bertz CT molecular complexity index is 433. The number of hydrogen-bond donors (Lipinski definition) is 1. The molecule has 1 aromatic rings. The van der Waals surface area contributed by atoms with Gasteiger partial charge in [-0.1, -0.05) is 20.3 Å². The van der Waals surface area contributed by atoms with E-state index in [9.17, 15) is 4.79 Å². The third kappa shape index (κ3) is 4.87. The molecule has 1 aromatic heterocycles. The monoisotopic (exact) mass is 295 g/mol. The molecule has 4 nitrogen and oxygen atoms in total. The maximum Gasteiger partial charge on any atom is 0.226 e. The molecule has 0 spiro atoms. The van der Waals surface area contributed by atoms with Gasteiger partial charge in [-0.25, -0.2) is 4.98 Å². The molecular formula is C15H25N3OS. The largest absolute Gasteiger partial charge is 0.302 e. The van der Waals surface area contributed by atoms with E-state index >= 15 is 0 Å². The molecule has 1 aliphatic rings. The van der Waals surface area contributed by atoms with E-state index in [1.807, 2.05) is 0 Å². The number of likely N-dealkylation sites (tertiary alicyclic amines) is 1. The van der Waals surface area contributed by atoms with Gasteiger partial charge in [-0.2, -0.15) is 0 Å². The van der Waals surface area contributed by atoms with Gasteiger partial charge in [0.05, 0.1) is 5.69 Å². The quantitative estimate of drug-likeness (QED) is 0.873. The van der Waals surface area contributed by atoms with E-state index in [1.54, 1.807) is 0 Å². The van der Waals surface area contributed by atoms with Crippen molar-refractivity contribution in [2.75, 3.05) is 18.4 Å². The zero-order valence-corrected chi connectivity index (χ0v) is 13.3. The second kappa shape index (κ2) is 7.74. The van der Waals surface area contributed by atoms with E-state index in [0.717, 1.165) is 42.7 Å². The molecule has 20 heavy (non-hydrogen) atoms. The Morgan fingerprint density at radius 1 is 1.60 bits per heavy atom. The maximum absolute atomic E-state index is 11.7. The van der Waals surface area contributed by atoms with E-state index in [1.165, 1.54) is 30.7 Å². The molecule has 1 N–H and O–H groups in total. The average molecular weight is 295 g/mol. The summed E-state index contributed by atoms with van der Waals surface area (Å²) in [4.78, 5) is 18.6.